The number of quaternary nitrogens is 1. The van der Waals surface area contributed by atoms with E-state index in [9.17, 15) is 0 Å². The van der Waals surface area contributed by atoms with Gasteiger partial charge in [-0.15, -0.1) is 23.9 Å². The molecule has 0 saturated carbocycles. The third kappa shape index (κ3) is 4.44. The second kappa shape index (κ2) is 7.31. The van der Waals surface area contributed by atoms with E-state index in [-0.39, 0.29) is 0 Å². The van der Waals surface area contributed by atoms with E-state index in [1.165, 1.54) is 48.0 Å². The van der Waals surface area contributed by atoms with E-state index in [4.69, 9.17) is 25.8 Å². The van der Waals surface area contributed by atoms with Gasteiger partial charge in [-0.3, -0.25) is 0 Å². The van der Waals surface area contributed by atoms with Crippen LogP contribution in [-0.4, -0.2) is 50.5 Å². The summed E-state index contributed by atoms with van der Waals surface area (Å²) in [7, 11) is 2.29. The Morgan fingerprint density at radius 3 is 1.56 bits per heavy atom. The molecule has 0 aromatic heterocycles. The van der Waals surface area contributed by atoms with Crippen molar-refractivity contribution in [2.45, 2.75) is 6.92 Å². The summed E-state index contributed by atoms with van der Waals surface area (Å²) in [6.45, 7) is 7.76. The van der Waals surface area contributed by atoms with Gasteiger partial charge in [0.25, 0.3) is 0 Å². The second-order valence-electron chi connectivity index (χ2n) is 4.38. The predicted octanol–water partition coefficient (Wildman–Crippen LogP) is 0.169. The number of hydrogen-bond acceptors (Lipinski definition) is 5. The van der Waals surface area contributed by atoms with E-state index >= 15 is 0 Å². The molecular formula is C11H16BN5O. The van der Waals surface area contributed by atoms with Crippen molar-refractivity contribution in [3.05, 3.63) is 0 Å². The molecule has 1 rings (SSSR count). The largest absolute Gasteiger partial charge is 0.383 e. The molecule has 94 valence electrons. The molecule has 1 heterocycles. The molecule has 7 heteroatoms. The zero-order chi connectivity index (χ0) is 14.1. The van der Waals surface area contributed by atoms with Crippen molar-refractivity contribution >= 4 is 6.15 Å². The minimum atomic E-state index is -2.72. The van der Waals surface area contributed by atoms with Crippen LogP contribution in [0.25, 0.3) is 0 Å². The molecule has 0 spiro atoms. The number of nitriles is 4. The Morgan fingerprint density at radius 2 is 1.39 bits per heavy atom. The van der Waals surface area contributed by atoms with Gasteiger partial charge in [0.1, 0.15) is 13.1 Å². The summed E-state index contributed by atoms with van der Waals surface area (Å²) in [6.07, 6.45) is -2.72. The summed E-state index contributed by atoms with van der Waals surface area (Å²) in [6, 6.07) is 0. The van der Waals surface area contributed by atoms with Gasteiger partial charge in [0.15, 0.2) is 0 Å². The lowest BCUT2D eigenvalue weighted by atomic mass is 9.30. The van der Waals surface area contributed by atoms with Crippen molar-refractivity contribution in [3.8, 4) is 23.9 Å². The lowest BCUT2D eigenvalue weighted by molar-refractivity contribution is -0.915. The highest BCUT2D eigenvalue weighted by Crippen LogP contribution is 2.05. The van der Waals surface area contributed by atoms with Crippen molar-refractivity contribution in [2.75, 3.05) is 39.9 Å². The Balaban J connectivity index is 0.000000321. The molecule has 18 heavy (non-hydrogen) atoms. The maximum Gasteiger partial charge on any atom is 0.383 e. The normalized spacial score (nSPS) is 16.8. The van der Waals surface area contributed by atoms with E-state index in [0.717, 1.165) is 13.2 Å². The minimum Gasteiger partial charge on any atom is -0.370 e. The van der Waals surface area contributed by atoms with E-state index in [0.29, 0.717) is 0 Å². The number of morpholine rings is 1. The molecule has 6 nitrogen and oxygen atoms in total. The summed E-state index contributed by atoms with van der Waals surface area (Å²) in [5.74, 6) is 5.38. The summed E-state index contributed by atoms with van der Waals surface area (Å²) in [4.78, 5) is 0. The molecule has 1 aliphatic heterocycles. The molecule has 0 radical (unpaired) electrons. The van der Waals surface area contributed by atoms with Gasteiger partial charge in [-0.05, 0) is 6.92 Å². The molecule has 1 aliphatic rings. The fraction of sp³-hybridized carbons (Fsp3) is 0.636. The summed E-state index contributed by atoms with van der Waals surface area (Å²) >= 11 is 0. The monoisotopic (exact) mass is 245 g/mol. The Hall–Kier alpha value is -2.06. The maximum atomic E-state index is 8.09. The number of ether oxygens (including phenoxy) is 1. The van der Waals surface area contributed by atoms with Crippen molar-refractivity contribution in [3.63, 3.8) is 0 Å². The van der Waals surface area contributed by atoms with Crippen LogP contribution in [0.1, 0.15) is 6.92 Å². The topological polar surface area (TPSA) is 104 Å². The van der Waals surface area contributed by atoms with Crippen LogP contribution in [0.4, 0.5) is 0 Å². The van der Waals surface area contributed by atoms with Crippen LogP contribution in [0.5, 0.6) is 0 Å². The van der Waals surface area contributed by atoms with Crippen LogP contribution in [0.15, 0.2) is 0 Å². The molecular weight excluding hydrogens is 229 g/mol. The Labute approximate surface area is 108 Å². The number of rotatable bonds is 1. The fourth-order valence-corrected chi connectivity index (χ4v) is 1.27. The summed E-state index contributed by atoms with van der Waals surface area (Å²) in [5, 5.41) is 32.3. The smallest absolute Gasteiger partial charge is 0.370 e. The van der Waals surface area contributed by atoms with Crippen molar-refractivity contribution in [2.24, 2.45) is 0 Å². The summed E-state index contributed by atoms with van der Waals surface area (Å²) < 4.78 is 6.45. The van der Waals surface area contributed by atoms with E-state index < -0.39 is 6.15 Å². The van der Waals surface area contributed by atoms with E-state index in [1.807, 2.05) is 0 Å². The third-order valence-electron chi connectivity index (χ3n) is 3.09. The van der Waals surface area contributed by atoms with Gasteiger partial charge in [-0.25, -0.2) is 21.0 Å². The van der Waals surface area contributed by atoms with Crippen LogP contribution >= 0.6 is 0 Å². The Bertz CT molecular complexity index is 369. The van der Waals surface area contributed by atoms with E-state index in [1.54, 1.807) is 0 Å². The van der Waals surface area contributed by atoms with Gasteiger partial charge < -0.3 is 9.22 Å². The summed E-state index contributed by atoms with van der Waals surface area (Å²) in [5.41, 5.74) is 0. The number of likely N-dealkylation sites (N-methyl/N-ethyl adjacent to an activating group) is 1. The zero-order valence-electron chi connectivity index (χ0n) is 10.8. The van der Waals surface area contributed by atoms with Gasteiger partial charge in [-0.1, -0.05) is 0 Å². The molecule has 0 bridgehead atoms. The first-order chi connectivity index (χ1) is 8.51. The van der Waals surface area contributed by atoms with E-state index in [2.05, 4.69) is 14.0 Å². The quantitative estimate of drug-likeness (QED) is 0.483. The molecule has 1 fully saturated rings. The third-order valence-corrected chi connectivity index (χ3v) is 3.09. The van der Waals surface area contributed by atoms with Crippen molar-refractivity contribution in [1.82, 2.24) is 0 Å². The van der Waals surface area contributed by atoms with Crippen molar-refractivity contribution < 1.29 is 9.22 Å². The number of nitrogens with zero attached hydrogens (tertiary/aromatic N) is 5. The first-order valence-electron chi connectivity index (χ1n) is 5.73. The van der Waals surface area contributed by atoms with Gasteiger partial charge >= 0.3 is 6.15 Å². The Morgan fingerprint density at radius 1 is 1.00 bits per heavy atom. The molecule has 0 atom stereocenters. The molecule has 0 unspecified atom stereocenters. The van der Waals surface area contributed by atoms with Gasteiger partial charge in [0.05, 0.1) is 26.8 Å². The predicted molar refractivity (Wildman–Crippen MR) is 65.5 cm³/mol. The molecule has 0 amide bonds. The molecule has 0 aromatic rings. The van der Waals surface area contributed by atoms with Gasteiger partial charge in [-0.2, -0.15) is 0 Å². The lowest BCUT2D eigenvalue weighted by Crippen LogP contribution is -2.51. The zero-order valence-corrected chi connectivity index (χ0v) is 10.8. The Kier molecular flexibility index (Phi) is 6.47. The molecule has 0 aliphatic carbocycles. The second-order valence-corrected chi connectivity index (χ2v) is 4.38. The van der Waals surface area contributed by atoms with Crippen LogP contribution in [0, 0.1) is 44.9 Å². The maximum absolute atomic E-state index is 8.09. The first kappa shape index (κ1) is 15.9. The SMILES string of the molecule is CC[N+]1(C)CCOCC1.N#C[B-](C#N)(C#N)C#N. The number of hydrogen-bond donors (Lipinski definition) is 0. The average molecular weight is 245 g/mol. The minimum absolute atomic E-state index is 0.949. The van der Waals surface area contributed by atoms with Crippen LogP contribution in [-0.2, 0) is 4.74 Å². The van der Waals surface area contributed by atoms with Crippen LogP contribution in [0.2, 0.25) is 0 Å². The molecule has 0 aromatic carbocycles. The first-order valence-corrected chi connectivity index (χ1v) is 5.73. The highest BCUT2D eigenvalue weighted by atomic mass is 16.5. The van der Waals surface area contributed by atoms with Crippen LogP contribution < -0.4 is 0 Å². The standard InChI is InChI=1S/C7H16NO.C4BN4/c1-3-8(2)4-6-9-7-5-8;6-1-5(2-7,3-8)4-9/h3-7H2,1-2H3;/q+1;-1. The fourth-order valence-electron chi connectivity index (χ4n) is 1.27. The van der Waals surface area contributed by atoms with Crippen LogP contribution in [0.3, 0.4) is 0 Å². The highest BCUT2D eigenvalue weighted by molar-refractivity contribution is 7.05. The molecule has 0 N–H and O–H groups in total. The highest BCUT2D eigenvalue weighted by Gasteiger charge is 2.22. The van der Waals surface area contributed by atoms with Gasteiger partial charge in [0, 0.05) is 0 Å². The van der Waals surface area contributed by atoms with Gasteiger partial charge in [0.2, 0.25) is 0 Å². The molecule has 1 saturated heterocycles. The lowest BCUT2D eigenvalue weighted by Gasteiger charge is -2.36. The average Bonchev–Trinajstić information content (AvgIpc) is 2.44. The van der Waals surface area contributed by atoms with Crippen molar-refractivity contribution in [1.29, 1.82) is 21.0 Å².